The number of nitrogens with one attached hydrogen (secondary N) is 1. The molecule has 0 aliphatic rings. The van der Waals surface area contributed by atoms with Crippen LogP contribution in [0.25, 0.3) is 0 Å². The highest BCUT2D eigenvalue weighted by molar-refractivity contribution is 5.42. The zero-order valence-corrected chi connectivity index (χ0v) is 10.9. The molecule has 0 heterocycles. The minimum absolute atomic E-state index is 0.455. The van der Waals surface area contributed by atoms with E-state index in [4.69, 9.17) is 9.47 Å². The van der Waals surface area contributed by atoms with Crippen LogP contribution in [0.1, 0.15) is 18.5 Å². The second kappa shape index (κ2) is 6.63. The van der Waals surface area contributed by atoms with Crippen LogP contribution in [0, 0.1) is 0 Å². The molecule has 1 atom stereocenters. The summed E-state index contributed by atoms with van der Waals surface area (Å²) >= 11 is 0. The van der Waals surface area contributed by atoms with Gasteiger partial charge in [-0.25, -0.2) is 0 Å². The van der Waals surface area contributed by atoms with Gasteiger partial charge in [-0.15, -0.1) is 0 Å². The standard InChI is InChI=1S/C12H16F3NO3/c1-8(16-19-7-12(13,14)15)10-5-4-9(17-2)6-11(10)18-3/h4-6,8,16H,7H2,1-3H3. The number of hydrogen-bond acceptors (Lipinski definition) is 4. The molecule has 0 fully saturated rings. The van der Waals surface area contributed by atoms with Crippen LogP contribution in [0.5, 0.6) is 11.5 Å². The lowest BCUT2D eigenvalue weighted by atomic mass is 10.1. The summed E-state index contributed by atoms with van der Waals surface area (Å²) in [5, 5.41) is 0. The highest BCUT2D eigenvalue weighted by atomic mass is 19.4. The van der Waals surface area contributed by atoms with E-state index in [0.29, 0.717) is 17.1 Å². The highest BCUT2D eigenvalue weighted by Crippen LogP contribution is 2.29. The topological polar surface area (TPSA) is 39.7 Å². The summed E-state index contributed by atoms with van der Waals surface area (Å²) in [7, 11) is 2.99. The van der Waals surface area contributed by atoms with Crippen molar-refractivity contribution in [2.24, 2.45) is 0 Å². The molecule has 0 saturated heterocycles. The first kappa shape index (κ1) is 15.6. The van der Waals surface area contributed by atoms with Crippen LogP contribution in [0.2, 0.25) is 0 Å². The normalized spacial score (nSPS) is 13.2. The fourth-order valence-corrected chi connectivity index (χ4v) is 1.49. The summed E-state index contributed by atoms with van der Waals surface area (Å²) < 4.78 is 46.0. The maximum atomic E-state index is 11.9. The van der Waals surface area contributed by atoms with Crippen molar-refractivity contribution in [2.75, 3.05) is 20.8 Å². The van der Waals surface area contributed by atoms with Crippen LogP contribution < -0.4 is 15.0 Å². The molecule has 1 aromatic carbocycles. The van der Waals surface area contributed by atoms with Crippen LogP contribution in [-0.4, -0.2) is 27.0 Å². The Labute approximate surface area is 109 Å². The minimum atomic E-state index is -4.36. The Morgan fingerprint density at radius 2 is 1.89 bits per heavy atom. The molecule has 7 heteroatoms. The molecule has 0 bridgehead atoms. The van der Waals surface area contributed by atoms with Crippen molar-refractivity contribution < 1.29 is 27.5 Å². The summed E-state index contributed by atoms with van der Waals surface area (Å²) in [6, 6.07) is 4.59. The molecule has 1 N–H and O–H groups in total. The van der Waals surface area contributed by atoms with Crippen LogP contribution in [0.3, 0.4) is 0 Å². The van der Waals surface area contributed by atoms with Crippen LogP contribution in [0.15, 0.2) is 18.2 Å². The maximum absolute atomic E-state index is 11.9. The molecule has 0 aliphatic heterocycles. The smallest absolute Gasteiger partial charge is 0.413 e. The molecule has 0 radical (unpaired) electrons. The van der Waals surface area contributed by atoms with Gasteiger partial charge in [0.2, 0.25) is 0 Å². The first-order chi connectivity index (χ1) is 8.87. The Kier molecular flexibility index (Phi) is 5.44. The first-order valence-corrected chi connectivity index (χ1v) is 5.53. The third kappa shape index (κ3) is 4.96. The molecule has 0 aliphatic carbocycles. The van der Waals surface area contributed by atoms with Crippen molar-refractivity contribution in [3.8, 4) is 11.5 Å². The average Bonchev–Trinajstić information content (AvgIpc) is 2.36. The number of hydroxylamine groups is 1. The van der Waals surface area contributed by atoms with Gasteiger partial charge in [0.05, 0.1) is 20.3 Å². The molecule has 4 nitrogen and oxygen atoms in total. The van der Waals surface area contributed by atoms with E-state index in [1.54, 1.807) is 25.1 Å². The van der Waals surface area contributed by atoms with Crippen LogP contribution in [0.4, 0.5) is 13.2 Å². The lowest BCUT2D eigenvalue weighted by Crippen LogP contribution is -2.27. The van der Waals surface area contributed by atoms with Crippen molar-refractivity contribution in [3.63, 3.8) is 0 Å². The van der Waals surface area contributed by atoms with E-state index < -0.39 is 18.8 Å². The molecule has 0 amide bonds. The molecule has 19 heavy (non-hydrogen) atoms. The van der Waals surface area contributed by atoms with Crippen molar-refractivity contribution in [2.45, 2.75) is 19.1 Å². The fraction of sp³-hybridized carbons (Fsp3) is 0.500. The van der Waals surface area contributed by atoms with Gasteiger partial charge in [-0.05, 0) is 19.1 Å². The Morgan fingerprint density at radius 3 is 2.42 bits per heavy atom. The molecule has 1 rings (SSSR count). The zero-order chi connectivity index (χ0) is 14.5. The third-order valence-electron chi connectivity index (χ3n) is 2.40. The molecule has 1 aromatic rings. The zero-order valence-electron chi connectivity index (χ0n) is 10.9. The molecular formula is C12H16F3NO3. The van der Waals surface area contributed by atoms with Gasteiger partial charge in [0.25, 0.3) is 0 Å². The van der Waals surface area contributed by atoms with E-state index in [1.165, 1.54) is 14.2 Å². The van der Waals surface area contributed by atoms with E-state index in [0.717, 1.165) is 0 Å². The summed E-state index contributed by atoms with van der Waals surface area (Å²) in [6.45, 7) is 0.316. The second-order valence-electron chi connectivity index (χ2n) is 3.85. The molecule has 0 spiro atoms. The van der Waals surface area contributed by atoms with Crippen molar-refractivity contribution in [1.82, 2.24) is 5.48 Å². The number of alkyl halides is 3. The molecule has 0 aromatic heterocycles. The predicted molar refractivity (Wildman–Crippen MR) is 63.1 cm³/mol. The van der Waals surface area contributed by atoms with Gasteiger partial charge in [0.15, 0.2) is 6.61 Å². The van der Waals surface area contributed by atoms with E-state index in [9.17, 15) is 13.2 Å². The highest BCUT2D eigenvalue weighted by Gasteiger charge is 2.28. The van der Waals surface area contributed by atoms with E-state index in [-0.39, 0.29) is 0 Å². The van der Waals surface area contributed by atoms with Crippen molar-refractivity contribution in [3.05, 3.63) is 23.8 Å². The Bertz CT molecular complexity index is 410. The molecule has 108 valence electrons. The summed E-state index contributed by atoms with van der Waals surface area (Å²) in [5.74, 6) is 1.11. The lowest BCUT2D eigenvalue weighted by Gasteiger charge is -2.18. The maximum Gasteiger partial charge on any atom is 0.413 e. The number of halogens is 3. The van der Waals surface area contributed by atoms with E-state index in [1.807, 2.05) is 0 Å². The molecule has 0 saturated carbocycles. The van der Waals surface area contributed by atoms with Crippen LogP contribution >= 0.6 is 0 Å². The van der Waals surface area contributed by atoms with Crippen molar-refractivity contribution in [1.29, 1.82) is 0 Å². The minimum Gasteiger partial charge on any atom is -0.497 e. The lowest BCUT2D eigenvalue weighted by molar-refractivity contribution is -0.192. The summed E-state index contributed by atoms with van der Waals surface area (Å²) in [5.41, 5.74) is 3.00. The van der Waals surface area contributed by atoms with E-state index in [2.05, 4.69) is 10.3 Å². The predicted octanol–water partition coefficient (Wildman–Crippen LogP) is 2.85. The summed E-state index contributed by atoms with van der Waals surface area (Å²) in [6.07, 6.45) is -4.36. The fourth-order valence-electron chi connectivity index (χ4n) is 1.49. The van der Waals surface area contributed by atoms with Gasteiger partial charge < -0.3 is 9.47 Å². The van der Waals surface area contributed by atoms with E-state index >= 15 is 0 Å². The van der Waals surface area contributed by atoms with Crippen molar-refractivity contribution >= 4 is 0 Å². The monoisotopic (exact) mass is 279 g/mol. The quantitative estimate of drug-likeness (QED) is 0.813. The van der Waals surface area contributed by atoms with Gasteiger partial charge in [-0.2, -0.15) is 18.7 Å². The average molecular weight is 279 g/mol. The number of hydrogen-bond donors (Lipinski definition) is 1. The van der Waals surface area contributed by atoms with Gasteiger partial charge in [-0.1, -0.05) is 0 Å². The van der Waals surface area contributed by atoms with Crippen LogP contribution in [-0.2, 0) is 4.84 Å². The Morgan fingerprint density at radius 1 is 1.21 bits per heavy atom. The third-order valence-corrected chi connectivity index (χ3v) is 2.40. The molecular weight excluding hydrogens is 263 g/mol. The van der Waals surface area contributed by atoms with Gasteiger partial charge in [0.1, 0.15) is 11.5 Å². The molecule has 1 unspecified atom stereocenters. The Balaban J connectivity index is 2.68. The number of methoxy groups -OCH3 is 2. The largest absolute Gasteiger partial charge is 0.497 e. The number of rotatable bonds is 6. The first-order valence-electron chi connectivity index (χ1n) is 5.53. The van der Waals surface area contributed by atoms with Gasteiger partial charge in [-0.3, -0.25) is 4.84 Å². The number of benzene rings is 1. The van der Waals surface area contributed by atoms with Gasteiger partial charge in [0, 0.05) is 11.6 Å². The van der Waals surface area contributed by atoms with Gasteiger partial charge >= 0.3 is 6.18 Å². The SMILES string of the molecule is COc1ccc(C(C)NOCC(F)(F)F)c(OC)c1. The summed E-state index contributed by atoms with van der Waals surface area (Å²) in [4.78, 5) is 4.41. The number of ether oxygens (including phenoxy) is 2. The Hall–Kier alpha value is -1.47. The second-order valence-corrected chi connectivity index (χ2v) is 3.85.